The quantitative estimate of drug-likeness (QED) is 0.00870. The number of imidazole rings is 1. The molecule has 1 amide bonds. The molecule has 2 heterocycles. The van der Waals surface area contributed by atoms with Crippen LogP contribution in [0.3, 0.4) is 0 Å². The molecule has 4 rings (SSSR count). The zero-order valence-corrected chi connectivity index (χ0v) is 43.2. The van der Waals surface area contributed by atoms with Gasteiger partial charge in [-0.15, -0.1) is 0 Å². The predicted molar refractivity (Wildman–Crippen MR) is 276 cm³/mol. The Bertz CT molecular complexity index is 2210. The first kappa shape index (κ1) is 56.9. The molecule has 2 aromatic carbocycles. The molecule has 0 aliphatic carbocycles. The van der Waals surface area contributed by atoms with Gasteiger partial charge in [0, 0.05) is 12.5 Å². The van der Waals surface area contributed by atoms with E-state index in [1.165, 1.54) is 131 Å². The Kier molecular flexibility index (Phi) is 27.8. The van der Waals surface area contributed by atoms with Crippen molar-refractivity contribution < 1.29 is 38.1 Å². The number of nitrogens with one attached hydrogen (secondary N) is 1. The Labute approximate surface area is 422 Å². The molecule has 1 atom stereocenters. The highest BCUT2D eigenvalue weighted by Crippen LogP contribution is 2.31. The van der Waals surface area contributed by atoms with E-state index < -0.39 is 24.1 Å². The van der Waals surface area contributed by atoms with E-state index in [0.717, 1.165) is 69.5 Å². The number of carbonyl (C=O) groups excluding carboxylic acids is 4. The summed E-state index contributed by atoms with van der Waals surface area (Å²) in [5, 5.41) is 3.56. The average Bonchev–Trinajstić information content (AvgIpc) is 3.78. The number of aliphatic imine (C=N–C) groups is 1. The number of ether oxygens (including phenoxy) is 4. The molecule has 1 N–H and O–H groups in total. The summed E-state index contributed by atoms with van der Waals surface area (Å²) in [6.45, 7) is 7.06. The summed E-state index contributed by atoms with van der Waals surface area (Å²) in [6, 6.07) is 9.12. The number of nitrogens with zero attached hydrogens (tertiary/aromatic N) is 5. The number of rotatable bonds is 36. The Morgan fingerprint density at radius 1 is 0.696 bits per heavy atom. The van der Waals surface area contributed by atoms with Crippen molar-refractivity contribution in [3.8, 4) is 5.75 Å². The van der Waals surface area contributed by atoms with Gasteiger partial charge in [-0.3, -0.25) is 19.0 Å². The number of anilines is 1. The van der Waals surface area contributed by atoms with Gasteiger partial charge >= 0.3 is 17.9 Å². The lowest BCUT2D eigenvalue weighted by atomic mass is 10.1. The summed E-state index contributed by atoms with van der Waals surface area (Å²) >= 11 is 14.2. The van der Waals surface area contributed by atoms with Crippen molar-refractivity contribution in [3.63, 3.8) is 0 Å². The average molecular weight is 1010 g/mol. The van der Waals surface area contributed by atoms with Crippen LogP contribution in [0, 0.1) is 0 Å². The number of unbranched alkanes of at least 4 members (excludes halogenated alkanes) is 19. The highest BCUT2D eigenvalue weighted by Gasteiger charge is 2.27. The fourth-order valence-corrected chi connectivity index (χ4v) is 8.45. The van der Waals surface area contributed by atoms with Crippen molar-refractivity contribution in [2.24, 2.45) is 4.99 Å². The van der Waals surface area contributed by atoms with Crippen LogP contribution in [0.15, 0.2) is 59.1 Å². The van der Waals surface area contributed by atoms with Crippen LogP contribution in [0.2, 0.25) is 10.0 Å². The van der Waals surface area contributed by atoms with E-state index >= 15 is 0 Å². The highest BCUT2D eigenvalue weighted by atomic mass is 35.5. The van der Waals surface area contributed by atoms with Gasteiger partial charge in [0.2, 0.25) is 0 Å². The second-order valence-electron chi connectivity index (χ2n) is 17.1. The second-order valence-corrected chi connectivity index (χ2v) is 18.9. The lowest BCUT2D eigenvalue weighted by Crippen LogP contribution is -2.28. The van der Waals surface area contributed by atoms with Gasteiger partial charge in [-0.1, -0.05) is 178 Å². The molecule has 0 fully saturated rings. The van der Waals surface area contributed by atoms with Crippen molar-refractivity contribution in [1.82, 2.24) is 19.5 Å². The largest absolute Gasteiger partial charge is 0.465 e. The number of fused-ring (bicyclic) bond motifs is 1. The Morgan fingerprint density at radius 2 is 1.30 bits per heavy atom. The molecule has 0 radical (unpaired) electrons. The predicted octanol–water partition coefficient (Wildman–Crippen LogP) is 14.4. The summed E-state index contributed by atoms with van der Waals surface area (Å²) in [5.41, 5.74) is 1.07. The maximum absolute atomic E-state index is 14.3. The van der Waals surface area contributed by atoms with Crippen LogP contribution in [0.4, 0.5) is 11.4 Å². The number of esters is 3. The van der Waals surface area contributed by atoms with Crippen molar-refractivity contribution in [1.29, 1.82) is 0 Å². The van der Waals surface area contributed by atoms with Crippen LogP contribution < -0.4 is 10.1 Å². The summed E-state index contributed by atoms with van der Waals surface area (Å²) in [5.74, 6) is -1.79. The van der Waals surface area contributed by atoms with Crippen molar-refractivity contribution in [3.05, 3.63) is 64.7 Å². The molecule has 0 spiro atoms. The van der Waals surface area contributed by atoms with Gasteiger partial charge in [0.15, 0.2) is 12.0 Å². The fraction of sp³-hybridized carbons (Fsp3) is 0.577. The summed E-state index contributed by atoms with van der Waals surface area (Å²) in [7, 11) is 0. The van der Waals surface area contributed by atoms with Gasteiger partial charge < -0.3 is 24.3 Å². The van der Waals surface area contributed by atoms with Crippen LogP contribution in [0.25, 0.3) is 11.2 Å². The number of aromatic nitrogens is 4. The summed E-state index contributed by atoms with van der Waals surface area (Å²) in [4.78, 5) is 70.1. The van der Waals surface area contributed by atoms with E-state index in [4.69, 9.17) is 42.1 Å². The molecule has 0 aliphatic heterocycles. The standard InChI is InChI=1S/C52H72Cl2N6O8S/c1-4-7-10-12-14-16-18-20-22-24-26-45(61)68-40-28-30-41(53)43(34-40)58-38-67-51(60-37-57-47-48(60)55-36-56-50(47)69-35-46(62)65-31-9-6-3)49(63)59-44-33-39(27-29-42(44)54)52(64)66-32-25-23-21-19-17-15-13-11-8-5-2/h27-30,33-34,36-38,51H,4-26,31-32,35H2,1-3H3,(H,59,63). The zero-order chi connectivity index (χ0) is 49.5. The molecule has 0 saturated carbocycles. The van der Waals surface area contributed by atoms with Gasteiger partial charge in [-0.05, 0) is 49.6 Å². The maximum atomic E-state index is 14.3. The molecule has 0 aliphatic rings. The number of hydrogen-bond donors (Lipinski definition) is 1. The number of amides is 1. The Balaban J connectivity index is 1.44. The van der Waals surface area contributed by atoms with E-state index in [9.17, 15) is 19.2 Å². The van der Waals surface area contributed by atoms with Gasteiger partial charge in [0.25, 0.3) is 12.1 Å². The van der Waals surface area contributed by atoms with E-state index in [2.05, 4.69) is 39.1 Å². The van der Waals surface area contributed by atoms with Crippen LogP contribution in [0.5, 0.6) is 5.75 Å². The van der Waals surface area contributed by atoms with E-state index in [-0.39, 0.29) is 63.1 Å². The molecule has 378 valence electrons. The zero-order valence-electron chi connectivity index (χ0n) is 40.8. The minimum absolute atomic E-state index is 0.0132. The smallest absolute Gasteiger partial charge is 0.338 e. The molecular weight excluding hydrogens is 940 g/mol. The summed E-state index contributed by atoms with van der Waals surface area (Å²) in [6.07, 6.45) is 27.3. The first-order valence-corrected chi connectivity index (χ1v) is 26.8. The van der Waals surface area contributed by atoms with Crippen LogP contribution in [0.1, 0.15) is 185 Å². The van der Waals surface area contributed by atoms with E-state index in [1.807, 2.05) is 6.92 Å². The van der Waals surface area contributed by atoms with E-state index in [1.54, 1.807) is 12.1 Å². The highest BCUT2D eigenvalue weighted by molar-refractivity contribution is 8.00. The second kappa shape index (κ2) is 33.7. The molecule has 2 aromatic heterocycles. The lowest BCUT2D eigenvalue weighted by Gasteiger charge is -2.18. The first-order chi connectivity index (χ1) is 33.6. The van der Waals surface area contributed by atoms with Crippen molar-refractivity contribution in [2.75, 3.05) is 24.3 Å². The number of benzene rings is 2. The van der Waals surface area contributed by atoms with Crippen molar-refractivity contribution >= 4 is 87.7 Å². The molecule has 69 heavy (non-hydrogen) atoms. The summed E-state index contributed by atoms with van der Waals surface area (Å²) < 4.78 is 23.9. The number of thioether (sulfide) groups is 1. The van der Waals surface area contributed by atoms with Crippen LogP contribution in [-0.4, -0.2) is 68.7 Å². The van der Waals surface area contributed by atoms with Crippen LogP contribution in [-0.2, 0) is 28.6 Å². The molecule has 4 aromatic rings. The minimum atomic E-state index is -1.51. The SMILES string of the molecule is CCCCCCCCCCCCOC(=O)c1ccc(Cl)c(NC(=O)C(OC=Nc2cc(OC(=O)CCCCCCCCCCCC)ccc2Cl)n2cnc3c(SCC(=O)OCCCC)ncnc32)c1. The van der Waals surface area contributed by atoms with Gasteiger partial charge in [-0.25, -0.2) is 24.7 Å². The molecular formula is C52H72Cl2N6O8S. The third kappa shape index (κ3) is 21.4. The lowest BCUT2D eigenvalue weighted by molar-refractivity contribution is -0.140. The number of carbonyl (C=O) groups is 4. The van der Waals surface area contributed by atoms with Crippen LogP contribution >= 0.6 is 35.0 Å². The number of hydrogen-bond acceptors (Lipinski definition) is 13. The van der Waals surface area contributed by atoms with Gasteiger partial charge in [0.05, 0.1) is 46.0 Å². The molecule has 0 bridgehead atoms. The fourth-order valence-electron chi connectivity index (χ4n) is 7.38. The first-order valence-electron chi connectivity index (χ1n) is 25.1. The monoisotopic (exact) mass is 1010 g/mol. The third-order valence-corrected chi connectivity index (χ3v) is 12.9. The topological polar surface area (TPSA) is 173 Å². The molecule has 1 unspecified atom stereocenters. The van der Waals surface area contributed by atoms with Gasteiger partial charge in [0.1, 0.15) is 28.9 Å². The van der Waals surface area contributed by atoms with Gasteiger partial charge in [-0.2, -0.15) is 0 Å². The maximum Gasteiger partial charge on any atom is 0.338 e. The Hall–Kier alpha value is -4.73. The Morgan fingerprint density at radius 3 is 1.97 bits per heavy atom. The molecule has 0 saturated heterocycles. The molecule has 14 nitrogen and oxygen atoms in total. The van der Waals surface area contributed by atoms with Crippen molar-refractivity contribution in [2.45, 2.75) is 180 Å². The normalized spacial score (nSPS) is 11.8. The third-order valence-electron chi connectivity index (χ3n) is 11.3. The number of halogens is 2. The minimum Gasteiger partial charge on any atom is -0.465 e. The van der Waals surface area contributed by atoms with E-state index in [0.29, 0.717) is 17.1 Å². The molecule has 17 heteroatoms.